The predicted octanol–water partition coefficient (Wildman–Crippen LogP) is 2.07. The molecular weight excluding hydrogens is 351 g/mol. The molecule has 0 aliphatic heterocycles. The van der Waals surface area contributed by atoms with Crippen molar-refractivity contribution in [1.29, 1.82) is 0 Å². The first-order valence-corrected chi connectivity index (χ1v) is 7.63. The third-order valence-electron chi connectivity index (χ3n) is 2.47. The summed E-state index contributed by atoms with van der Waals surface area (Å²) in [4.78, 5) is 7.09. The average molecular weight is 361 g/mol. The number of anilines is 2. The van der Waals surface area contributed by atoms with Crippen LogP contribution in [0.5, 0.6) is 0 Å². The van der Waals surface area contributed by atoms with Gasteiger partial charge in [0, 0.05) is 5.69 Å². The lowest BCUT2D eigenvalue weighted by Crippen LogP contribution is -2.16. The van der Waals surface area contributed by atoms with Crippen molar-refractivity contribution in [3.05, 3.63) is 40.5 Å². The monoisotopic (exact) mass is 360 g/mol. The van der Waals surface area contributed by atoms with Crippen LogP contribution < -0.4 is 10.5 Å². The predicted molar refractivity (Wildman–Crippen MR) is 76.1 cm³/mol. The topological polar surface area (TPSA) is 98.0 Å². The molecule has 6 nitrogen and oxygen atoms in total. The highest BCUT2D eigenvalue weighted by Gasteiger charge is 2.21. The summed E-state index contributed by atoms with van der Waals surface area (Å²) in [5, 5.41) is 0. The second-order valence-electron chi connectivity index (χ2n) is 3.97. The van der Waals surface area contributed by atoms with E-state index in [4.69, 9.17) is 5.73 Å². The fourth-order valence-electron chi connectivity index (χ4n) is 1.43. The Morgan fingerprint density at radius 3 is 2.60 bits per heavy atom. The number of nitrogens with zero attached hydrogens (tertiary/aromatic N) is 2. The van der Waals surface area contributed by atoms with Crippen molar-refractivity contribution < 1.29 is 12.8 Å². The van der Waals surface area contributed by atoms with Gasteiger partial charge in [0.15, 0.2) is 5.82 Å². The van der Waals surface area contributed by atoms with Gasteiger partial charge in [0.05, 0.1) is 12.4 Å². The van der Waals surface area contributed by atoms with Crippen molar-refractivity contribution in [3.63, 3.8) is 0 Å². The first-order valence-electron chi connectivity index (χ1n) is 5.35. The molecule has 0 radical (unpaired) electrons. The van der Waals surface area contributed by atoms with Crippen molar-refractivity contribution in [2.75, 3.05) is 10.5 Å². The van der Waals surface area contributed by atoms with Crippen LogP contribution in [-0.4, -0.2) is 18.4 Å². The van der Waals surface area contributed by atoms with Crippen LogP contribution in [0.2, 0.25) is 0 Å². The molecule has 2 aromatic rings. The van der Waals surface area contributed by atoms with Gasteiger partial charge in [-0.3, -0.25) is 4.72 Å². The average Bonchev–Trinajstić information content (AvgIpc) is 2.36. The Morgan fingerprint density at radius 1 is 1.30 bits per heavy atom. The summed E-state index contributed by atoms with van der Waals surface area (Å²) in [6, 6.07) is 2.14. The van der Waals surface area contributed by atoms with Crippen molar-refractivity contribution in [3.8, 4) is 0 Å². The number of halogens is 2. The maximum Gasteiger partial charge on any atom is 0.266 e. The Labute approximate surface area is 123 Å². The van der Waals surface area contributed by atoms with Gasteiger partial charge in [0.2, 0.25) is 0 Å². The number of sulfonamides is 1. The third-order valence-corrected chi connectivity index (χ3v) is 4.25. The molecule has 9 heteroatoms. The number of nitrogens with two attached hydrogens (primary N) is 1. The second kappa shape index (κ2) is 5.33. The zero-order valence-corrected chi connectivity index (χ0v) is 12.7. The van der Waals surface area contributed by atoms with Gasteiger partial charge in [-0.2, -0.15) is 0 Å². The molecule has 1 aromatic carbocycles. The van der Waals surface area contributed by atoms with Gasteiger partial charge < -0.3 is 5.73 Å². The molecule has 0 aliphatic carbocycles. The minimum absolute atomic E-state index is 0.0215. The maximum absolute atomic E-state index is 13.8. The summed E-state index contributed by atoms with van der Waals surface area (Å²) in [5.74, 6) is -0.902. The van der Waals surface area contributed by atoms with E-state index in [0.29, 0.717) is 10.2 Å². The highest BCUT2D eigenvalue weighted by atomic mass is 79.9. The molecule has 0 saturated carbocycles. The third kappa shape index (κ3) is 3.05. The first kappa shape index (κ1) is 14.7. The number of hydrogen-bond acceptors (Lipinski definition) is 5. The number of aromatic nitrogens is 2. The molecule has 0 aliphatic rings. The SMILES string of the molecule is Cc1cc(F)c(S(=O)(=O)Nc2cnc(Br)cn2)cc1N. The Balaban J connectivity index is 2.40. The first-order chi connectivity index (χ1) is 9.29. The summed E-state index contributed by atoms with van der Waals surface area (Å²) in [6.45, 7) is 1.59. The lowest BCUT2D eigenvalue weighted by atomic mass is 10.2. The van der Waals surface area contributed by atoms with E-state index in [-0.39, 0.29) is 11.5 Å². The van der Waals surface area contributed by atoms with Gasteiger partial charge in [-0.15, -0.1) is 0 Å². The van der Waals surface area contributed by atoms with E-state index in [1.165, 1.54) is 12.4 Å². The van der Waals surface area contributed by atoms with Gasteiger partial charge in [-0.05, 0) is 40.5 Å². The summed E-state index contributed by atoms with van der Waals surface area (Å²) in [5.41, 5.74) is 6.26. The summed E-state index contributed by atoms with van der Waals surface area (Å²) >= 11 is 3.07. The van der Waals surface area contributed by atoms with Crippen molar-refractivity contribution in [1.82, 2.24) is 9.97 Å². The smallest absolute Gasteiger partial charge is 0.266 e. The highest BCUT2D eigenvalue weighted by molar-refractivity contribution is 9.10. The fourth-order valence-corrected chi connectivity index (χ4v) is 2.73. The molecule has 0 unspecified atom stereocenters. The number of hydrogen-bond donors (Lipinski definition) is 2. The van der Waals surface area contributed by atoms with Crippen molar-refractivity contribution in [2.24, 2.45) is 0 Å². The molecule has 1 aromatic heterocycles. The standard InChI is InChI=1S/C11H10BrFN4O2S/c1-6-2-7(13)9(3-8(6)14)20(18,19)17-11-5-15-10(12)4-16-11/h2-5H,14H2,1H3,(H,16,17). The summed E-state index contributed by atoms with van der Waals surface area (Å²) < 4.78 is 40.5. The van der Waals surface area contributed by atoms with Crippen LogP contribution in [0.15, 0.2) is 34.0 Å². The Morgan fingerprint density at radius 2 is 2.00 bits per heavy atom. The lowest BCUT2D eigenvalue weighted by molar-refractivity contribution is 0.570. The van der Waals surface area contributed by atoms with E-state index in [9.17, 15) is 12.8 Å². The zero-order valence-electron chi connectivity index (χ0n) is 10.3. The van der Waals surface area contributed by atoms with Crippen molar-refractivity contribution >= 4 is 37.5 Å². The molecule has 106 valence electrons. The molecule has 2 rings (SSSR count). The van der Waals surface area contributed by atoms with Gasteiger partial charge in [-0.25, -0.2) is 22.8 Å². The zero-order chi connectivity index (χ0) is 14.9. The molecule has 3 N–H and O–H groups in total. The van der Waals surface area contributed by atoms with Gasteiger partial charge in [0.25, 0.3) is 10.0 Å². The lowest BCUT2D eigenvalue weighted by Gasteiger charge is -2.10. The Hall–Kier alpha value is -1.74. The molecule has 0 bridgehead atoms. The van der Waals surface area contributed by atoms with Crippen LogP contribution in [0.3, 0.4) is 0 Å². The summed E-state index contributed by atoms with van der Waals surface area (Å²) in [7, 11) is -4.12. The molecule has 0 amide bonds. The van der Waals surface area contributed by atoms with E-state index in [1.54, 1.807) is 6.92 Å². The number of rotatable bonds is 3. The largest absolute Gasteiger partial charge is 0.398 e. The van der Waals surface area contributed by atoms with E-state index in [1.807, 2.05) is 0 Å². The molecule has 0 spiro atoms. The van der Waals surface area contributed by atoms with E-state index >= 15 is 0 Å². The van der Waals surface area contributed by atoms with Gasteiger partial charge >= 0.3 is 0 Å². The molecule has 0 saturated heterocycles. The quantitative estimate of drug-likeness (QED) is 0.816. The molecule has 20 heavy (non-hydrogen) atoms. The van der Waals surface area contributed by atoms with Crippen LogP contribution in [0.25, 0.3) is 0 Å². The Kier molecular flexibility index (Phi) is 3.91. The van der Waals surface area contributed by atoms with Crippen LogP contribution in [-0.2, 0) is 10.0 Å². The fraction of sp³-hybridized carbons (Fsp3) is 0.0909. The minimum atomic E-state index is -4.12. The van der Waals surface area contributed by atoms with E-state index in [0.717, 1.165) is 12.1 Å². The Bertz CT molecular complexity index is 750. The van der Waals surface area contributed by atoms with Gasteiger partial charge in [0.1, 0.15) is 15.3 Å². The molecule has 1 heterocycles. The number of nitrogens with one attached hydrogen (secondary N) is 1. The van der Waals surface area contributed by atoms with Crippen molar-refractivity contribution in [2.45, 2.75) is 11.8 Å². The minimum Gasteiger partial charge on any atom is -0.398 e. The van der Waals surface area contributed by atoms with Crippen LogP contribution in [0.1, 0.15) is 5.56 Å². The molecule has 0 fully saturated rings. The van der Waals surface area contributed by atoms with Gasteiger partial charge in [-0.1, -0.05) is 0 Å². The molecule has 0 atom stereocenters. The van der Waals surface area contributed by atoms with Crippen LogP contribution in [0.4, 0.5) is 15.9 Å². The summed E-state index contributed by atoms with van der Waals surface area (Å²) in [6.07, 6.45) is 2.52. The highest BCUT2D eigenvalue weighted by Crippen LogP contribution is 2.23. The number of benzene rings is 1. The van der Waals surface area contributed by atoms with E-state index in [2.05, 4.69) is 30.6 Å². The second-order valence-corrected chi connectivity index (χ2v) is 6.43. The van der Waals surface area contributed by atoms with E-state index < -0.39 is 20.7 Å². The number of aryl methyl sites for hydroxylation is 1. The normalized spacial score (nSPS) is 11.3. The van der Waals surface area contributed by atoms with Crippen LogP contribution in [0, 0.1) is 12.7 Å². The maximum atomic E-state index is 13.8. The molecular formula is C11H10BrFN4O2S. The number of nitrogen functional groups attached to an aromatic ring is 1. The van der Waals surface area contributed by atoms with Crippen LogP contribution >= 0.6 is 15.9 Å².